The smallest absolute Gasteiger partial charge is 0.161 e. The standard InChI is InChI=1S/C23H29NO2/c1-23(2,3)18-9-6-16(7-10-18)8-11-20-19-15-22(26-5)21(25-4)14-17(19)12-13-24-20/h6-7,9-10,14-15H,8,11-13H2,1-5H3. The Bertz CT molecular complexity index is 798. The summed E-state index contributed by atoms with van der Waals surface area (Å²) in [6.45, 7) is 7.59. The van der Waals surface area contributed by atoms with Crippen molar-refractivity contribution >= 4 is 5.71 Å². The number of methoxy groups -OCH3 is 2. The Morgan fingerprint density at radius 2 is 1.58 bits per heavy atom. The Kier molecular flexibility index (Phi) is 5.36. The fourth-order valence-corrected chi connectivity index (χ4v) is 3.44. The number of benzene rings is 2. The van der Waals surface area contributed by atoms with Gasteiger partial charge in [-0.15, -0.1) is 0 Å². The van der Waals surface area contributed by atoms with Crippen LogP contribution >= 0.6 is 0 Å². The maximum absolute atomic E-state index is 5.48. The van der Waals surface area contributed by atoms with Crippen LogP contribution in [0, 0.1) is 0 Å². The highest BCUT2D eigenvalue weighted by atomic mass is 16.5. The minimum Gasteiger partial charge on any atom is -0.493 e. The van der Waals surface area contributed by atoms with E-state index in [9.17, 15) is 0 Å². The van der Waals surface area contributed by atoms with E-state index < -0.39 is 0 Å². The second-order valence-electron chi connectivity index (χ2n) is 7.89. The zero-order chi connectivity index (χ0) is 18.7. The summed E-state index contributed by atoms with van der Waals surface area (Å²) in [5.74, 6) is 1.57. The number of hydrogen-bond acceptors (Lipinski definition) is 3. The van der Waals surface area contributed by atoms with E-state index in [0.29, 0.717) is 0 Å². The molecule has 0 bridgehead atoms. The summed E-state index contributed by atoms with van der Waals surface area (Å²) in [6, 6.07) is 13.2. The van der Waals surface area contributed by atoms with Gasteiger partial charge >= 0.3 is 0 Å². The van der Waals surface area contributed by atoms with Crippen LogP contribution in [0.3, 0.4) is 0 Å². The fraction of sp³-hybridized carbons (Fsp3) is 0.435. The number of aliphatic imine (C=N–C) groups is 1. The number of rotatable bonds is 5. The van der Waals surface area contributed by atoms with Gasteiger partial charge in [0.2, 0.25) is 0 Å². The molecule has 0 radical (unpaired) electrons. The highest BCUT2D eigenvalue weighted by molar-refractivity contribution is 6.03. The van der Waals surface area contributed by atoms with Crippen LogP contribution in [0.2, 0.25) is 0 Å². The van der Waals surface area contributed by atoms with Crippen LogP contribution in [0.5, 0.6) is 11.5 Å². The lowest BCUT2D eigenvalue weighted by molar-refractivity contribution is 0.354. The van der Waals surface area contributed by atoms with Crippen molar-refractivity contribution in [1.29, 1.82) is 0 Å². The lowest BCUT2D eigenvalue weighted by Gasteiger charge is -2.20. The van der Waals surface area contributed by atoms with E-state index >= 15 is 0 Å². The van der Waals surface area contributed by atoms with Crippen molar-refractivity contribution in [3.63, 3.8) is 0 Å². The summed E-state index contributed by atoms with van der Waals surface area (Å²) in [7, 11) is 3.37. The Hall–Kier alpha value is -2.29. The molecule has 0 atom stereocenters. The maximum atomic E-state index is 5.48. The molecule has 3 nitrogen and oxygen atoms in total. The Balaban J connectivity index is 1.77. The summed E-state index contributed by atoms with van der Waals surface area (Å²) in [5, 5.41) is 0. The quantitative estimate of drug-likeness (QED) is 0.761. The van der Waals surface area contributed by atoms with Crippen LogP contribution in [-0.4, -0.2) is 26.5 Å². The topological polar surface area (TPSA) is 30.8 Å². The highest BCUT2D eigenvalue weighted by Crippen LogP contribution is 2.33. The zero-order valence-corrected chi connectivity index (χ0v) is 16.6. The molecule has 0 aromatic heterocycles. The van der Waals surface area contributed by atoms with E-state index in [4.69, 9.17) is 14.5 Å². The van der Waals surface area contributed by atoms with E-state index in [-0.39, 0.29) is 5.41 Å². The van der Waals surface area contributed by atoms with E-state index in [2.05, 4.69) is 57.2 Å². The van der Waals surface area contributed by atoms with Gasteiger partial charge in [0.1, 0.15) is 0 Å². The third-order valence-corrected chi connectivity index (χ3v) is 5.07. The first-order valence-corrected chi connectivity index (χ1v) is 9.30. The van der Waals surface area contributed by atoms with Gasteiger partial charge in [-0.2, -0.15) is 0 Å². The molecule has 3 heteroatoms. The Labute approximate surface area is 157 Å². The maximum Gasteiger partial charge on any atom is 0.161 e. The molecule has 0 spiro atoms. The number of hydrogen-bond donors (Lipinski definition) is 0. The third-order valence-electron chi connectivity index (χ3n) is 5.07. The molecule has 1 aliphatic rings. The van der Waals surface area contributed by atoms with Crippen LogP contribution in [0.15, 0.2) is 41.4 Å². The van der Waals surface area contributed by atoms with Crippen LogP contribution < -0.4 is 9.47 Å². The second-order valence-corrected chi connectivity index (χ2v) is 7.89. The van der Waals surface area contributed by atoms with Crippen molar-refractivity contribution in [3.8, 4) is 11.5 Å². The van der Waals surface area contributed by atoms with E-state index in [1.807, 2.05) is 0 Å². The van der Waals surface area contributed by atoms with Crippen LogP contribution in [0.25, 0.3) is 0 Å². The minimum atomic E-state index is 0.195. The molecule has 2 aromatic carbocycles. The molecule has 0 unspecified atom stereocenters. The summed E-state index contributed by atoms with van der Waals surface area (Å²) < 4.78 is 10.9. The van der Waals surface area contributed by atoms with E-state index in [1.54, 1.807) is 14.2 Å². The third kappa shape index (κ3) is 3.92. The van der Waals surface area contributed by atoms with Crippen molar-refractivity contribution < 1.29 is 9.47 Å². The van der Waals surface area contributed by atoms with Crippen molar-refractivity contribution in [1.82, 2.24) is 0 Å². The SMILES string of the molecule is COc1cc2c(cc1OC)C(CCc1ccc(C(C)(C)C)cc1)=NCC2. The van der Waals surface area contributed by atoms with E-state index in [0.717, 1.165) is 37.3 Å². The molecule has 0 amide bonds. The normalized spacial score (nSPS) is 13.8. The average molecular weight is 351 g/mol. The summed E-state index contributed by atoms with van der Waals surface area (Å²) in [4.78, 5) is 4.79. The number of fused-ring (bicyclic) bond motifs is 1. The van der Waals surface area contributed by atoms with Gasteiger partial charge in [0, 0.05) is 17.8 Å². The summed E-state index contributed by atoms with van der Waals surface area (Å²) in [6.07, 6.45) is 2.90. The minimum absolute atomic E-state index is 0.195. The molecule has 138 valence electrons. The molecular weight excluding hydrogens is 322 g/mol. The Morgan fingerprint density at radius 1 is 0.923 bits per heavy atom. The monoisotopic (exact) mass is 351 g/mol. The lowest BCUT2D eigenvalue weighted by atomic mass is 9.86. The average Bonchev–Trinajstić information content (AvgIpc) is 2.64. The van der Waals surface area contributed by atoms with Gasteiger partial charge in [-0.3, -0.25) is 4.99 Å². The van der Waals surface area contributed by atoms with Crippen molar-refractivity contribution in [2.75, 3.05) is 20.8 Å². The Morgan fingerprint density at radius 3 is 2.19 bits per heavy atom. The first-order valence-electron chi connectivity index (χ1n) is 9.30. The molecule has 0 saturated carbocycles. The molecule has 1 heterocycles. The first kappa shape index (κ1) is 18.5. The van der Waals surface area contributed by atoms with Crippen molar-refractivity contribution in [2.45, 2.75) is 45.4 Å². The molecule has 0 saturated heterocycles. The first-order chi connectivity index (χ1) is 12.4. The van der Waals surface area contributed by atoms with Gasteiger partial charge in [0.05, 0.1) is 14.2 Å². The van der Waals surface area contributed by atoms with Crippen molar-refractivity contribution in [3.05, 3.63) is 58.7 Å². The van der Waals surface area contributed by atoms with E-state index in [1.165, 1.54) is 28.0 Å². The van der Waals surface area contributed by atoms with Gasteiger partial charge in [-0.05, 0) is 53.5 Å². The number of aryl methyl sites for hydroxylation is 1. The molecule has 0 aliphatic carbocycles. The van der Waals surface area contributed by atoms with Gasteiger partial charge in [-0.1, -0.05) is 45.0 Å². The lowest BCUT2D eigenvalue weighted by Crippen LogP contribution is -2.14. The zero-order valence-electron chi connectivity index (χ0n) is 16.6. The van der Waals surface area contributed by atoms with Crippen LogP contribution in [0.4, 0.5) is 0 Å². The van der Waals surface area contributed by atoms with Crippen LogP contribution in [-0.2, 0) is 18.3 Å². The molecule has 0 fully saturated rings. The second kappa shape index (κ2) is 7.53. The summed E-state index contributed by atoms with van der Waals surface area (Å²) in [5.41, 5.74) is 6.61. The molecular formula is C23H29NO2. The molecule has 26 heavy (non-hydrogen) atoms. The largest absolute Gasteiger partial charge is 0.493 e. The predicted octanol–water partition coefficient (Wildman–Crippen LogP) is 4.98. The van der Waals surface area contributed by atoms with Gasteiger partial charge in [-0.25, -0.2) is 0 Å². The molecule has 3 rings (SSSR count). The number of ether oxygens (including phenoxy) is 2. The summed E-state index contributed by atoms with van der Waals surface area (Å²) >= 11 is 0. The fourth-order valence-electron chi connectivity index (χ4n) is 3.44. The number of nitrogens with zero attached hydrogens (tertiary/aromatic N) is 1. The molecule has 2 aromatic rings. The predicted molar refractivity (Wildman–Crippen MR) is 108 cm³/mol. The highest BCUT2D eigenvalue weighted by Gasteiger charge is 2.18. The van der Waals surface area contributed by atoms with Gasteiger partial charge < -0.3 is 9.47 Å². The van der Waals surface area contributed by atoms with Gasteiger partial charge in [0.15, 0.2) is 11.5 Å². The molecule has 0 N–H and O–H groups in total. The van der Waals surface area contributed by atoms with Crippen LogP contribution in [0.1, 0.15) is 49.4 Å². The van der Waals surface area contributed by atoms with Crippen molar-refractivity contribution in [2.24, 2.45) is 4.99 Å². The van der Waals surface area contributed by atoms with Gasteiger partial charge in [0.25, 0.3) is 0 Å². The molecule has 1 aliphatic heterocycles.